The van der Waals surface area contributed by atoms with Crippen molar-refractivity contribution >= 4 is 34.8 Å². The molecule has 0 spiro atoms. The third-order valence-electron chi connectivity index (χ3n) is 22.0. The molecule has 0 saturated carbocycles. The van der Waals surface area contributed by atoms with E-state index in [4.69, 9.17) is 8.75 Å². The first-order valence-corrected chi connectivity index (χ1v) is 39.7. The fourth-order valence-corrected chi connectivity index (χ4v) is 16.5. The zero-order chi connectivity index (χ0) is 69.1. The van der Waals surface area contributed by atoms with Gasteiger partial charge in [0.25, 0.3) is 0 Å². The van der Waals surface area contributed by atoms with Gasteiger partial charge in [0.2, 0.25) is 0 Å². The van der Waals surface area contributed by atoms with Crippen molar-refractivity contribution in [2.75, 3.05) is 0 Å². The number of hydrogen-bond acceptors (Lipinski definition) is 5. The molecule has 5 nitrogen and oxygen atoms in total. The molecule has 1 N–H and O–H groups in total. The summed E-state index contributed by atoms with van der Waals surface area (Å²) in [7, 11) is 0. The fourth-order valence-electron chi connectivity index (χ4n) is 15.9. The molecule has 1 heterocycles. The van der Waals surface area contributed by atoms with Gasteiger partial charge in [-0.25, -0.2) is 4.79 Å². The number of benzene rings is 6. The minimum atomic E-state index is -1.23. The maximum absolute atomic E-state index is 11.9. The summed E-state index contributed by atoms with van der Waals surface area (Å²) in [5.41, 5.74) is 26.0. The van der Waals surface area contributed by atoms with Gasteiger partial charge in [0, 0.05) is 11.1 Å². The van der Waals surface area contributed by atoms with Crippen molar-refractivity contribution in [2.24, 2.45) is 35.5 Å². The number of aromatic nitrogens is 2. The van der Waals surface area contributed by atoms with E-state index in [2.05, 4.69) is 164 Å². The molecule has 0 radical (unpaired) electrons. The first-order chi connectivity index (χ1) is 46.6. The van der Waals surface area contributed by atoms with E-state index in [9.17, 15) is 15.2 Å². The highest BCUT2D eigenvalue weighted by Gasteiger charge is 2.29. The lowest BCUT2D eigenvalue weighted by atomic mass is 9.75. The number of nitriles is 1. The summed E-state index contributed by atoms with van der Waals surface area (Å²) < 4.78 is 10.5. The van der Waals surface area contributed by atoms with Crippen LogP contribution in [0.2, 0.25) is 0 Å². The molecule has 96 heavy (non-hydrogen) atoms. The summed E-state index contributed by atoms with van der Waals surface area (Å²) in [5, 5.41) is 19.3. The average Bonchev–Trinajstić information content (AvgIpc) is 0.970. The molecule has 6 unspecified atom stereocenters. The Morgan fingerprint density at radius 3 is 0.979 bits per heavy atom. The first kappa shape index (κ1) is 77.2. The molecule has 6 atom stereocenters. The maximum Gasteiger partial charge on any atom is 0.346 e. The predicted octanol–water partition coefficient (Wildman–Crippen LogP) is 27.2. The summed E-state index contributed by atoms with van der Waals surface area (Å²) >= 11 is 1.28. The van der Waals surface area contributed by atoms with Crippen molar-refractivity contribution in [2.45, 2.75) is 290 Å². The molecule has 518 valence electrons. The van der Waals surface area contributed by atoms with Crippen molar-refractivity contribution in [3.8, 4) is 61.7 Å². The highest BCUT2D eigenvalue weighted by molar-refractivity contribution is 7.00. The molecule has 0 amide bonds. The maximum atomic E-state index is 11.9. The molecular formula is C90H125N3O2S. The van der Waals surface area contributed by atoms with E-state index in [0.29, 0.717) is 41.1 Å². The van der Waals surface area contributed by atoms with Crippen LogP contribution in [0.15, 0.2) is 96.6 Å². The largest absolute Gasteiger partial charge is 0.477 e. The summed E-state index contributed by atoms with van der Waals surface area (Å²) in [6.07, 6.45) is 37.4. The number of aliphatic carboxylic acids is 1. The minimum Gasteiger partial charge on any atom is -0.477 e. The molecule has 1 aromatic heterocycles. The Bertz CT molecular complexity index is 3390. The molecule has 7 aromatic rings. The predicted molar refractivity (Wildman–Crippen MR) is 417 cm³/mol. The fraction of sp³-hybridized carbons (Fsp3) is 0.556. The number of rotatable bonds is 43. The smallest absolute Gasteiger partial charge is 0.346 e. The van der Waals surface area contributed by atoms with Gasteiger partial charge in [0.1, 0.15) is 22.7 Å². The Morgan fingerprint density at radius 2 is 0.698 bits per heavy atom. The van der Waals surface area contributed by atoms with Gasteiger partial charge >= 0.3 is 5.97 Å². The average molecular weight is 1310 g/mol. The molecule has 0 saturated heterocycles. The topological polar surface area (TPSA) is 86.9 Å². The van der Waals surface area contributed by atoms with Gasteiger partial charge in [-0.15, -0.1) is 0 Å². The van der Waals surface area contributed by atoms with Crippen LogP contribution in [0.3, 0.4) is 0 Å². The zero-order valence-electron chi connectivity index (χ0n) is 62.5. The lowest BCUT2D eigenvalue weighted by Gasteiger charge is -2.28. The summed E-state index contributed by atoms with van der Waals surface area (Å²) in [5.74, 6) is 2.47. The van der Waals surface area contributed by atoms with Gasteiger partial charge in [-0.2, -0.15) is 14.0 Å². The number of carboxylic acids is 1. The summed E-state index contributed by atoms with van der Waals surface area (Å²) in [6, 6.07) is 38.2. The van der Waals surface area contributed by atoms with Crippen LogP contribution in [0.5, 0.6) is 0 Å². The second-order valence-electron chi connectivity index (χ2n) is 29.3. The SMILES string of the molecule is CCCCC(CC)Cc1cc(CC(CC)CCCC)cc(-c2c(C)c(-c3ccc(-c4ccc(/C=C(\C#N)C(=O)O)cc4)c4nsnc34)c(C)c(-c3cc(CC(CC)CCCC)cc(CC(CC)CCCC)c3)c2-c2cc(CC(CC)CCCC)cc(CC(CC)CCCC)c2)c1. The van der Waals surface area contributed by atoms with E-state index < -0.39 is 5.97 Å². The van der Waals surface area contributed by atoms with Crippen molar-refractivity contribution < 1.29 is 9.90 Å². The molecule has 6 heteroatoms. The Balaban J connectivity index is 1.72. The number of carboxylic acid groups (broad SMARTS) is 1. The van der Waals surface area contributed by atoms with Crippen LogP contribution in [0, 0.1) is 60.7 Å². The highest BCUT2D eigenvalue weighted by atomic mass is 32.1. The van der Waals surface area contributed by atoms with Gasteiger partial charge < -0.3 is 5.11 Å². The molecule has 0 aliphatic heterocycles. The first-order valence-electron chi connectivity index (χ1n) is 38.9. The van der Waals surface area contributed by atoms with Crippen LogP contribution >= 0.6 is 11.7 Å². The molecule has 0 aliphatic rings. The van der Waals surface area contributed by atoms with Crippen molar-refractivity contribution in [1.82, 2.24) is 8.75 Å². The number of fused-ring (bicyclic) bond motifs is 1. The number of hydrogen-bond donors (Lipinski definition) is 1. The molecule has 0 fully saturated rings. The Morgan fingerprint density at radius 1 is 0.406 bits per heavy atom. The van der Waals surface area contributed by atoms with Gasteiger partial charge in [0.15, 0.2) is 0 Å². The standard InChI is InChI=1S/C90H125N3O2S/c1-15-27-33-64(21-7)45-71-51-72(46-65(22-8)34-28-16-2)56-78(55-71)85-62(13)84(83-44-43-82(88-89(83)93-96-92-88)77-41-39-70(40-42-77)54-81(61-91)90(94)95)63(14)86(79-57-73(47-66(23-9)35-29-17-3)52-74(58-79)48-67(24-10)36-30-18-4)87(85)80-59-75(49-68(25-11)37-31-19-5)53-76(60-80)50-69(26-12)38-32-20-6/h39-44,51-60,64-69H,15-38,45-50H2,1-14H3,(H,94,95)/b81-54+. The number of nitrogens with zero attached hydrogens (tertiary/aromatic N) is 3. The van der Waals surface area contributed by atoms with Crippen LogP contribution in [-0.2, 0) is 43.3 Å². The van der Waals surface area contributed by atoms with Crippen molar-refractivity contribution in [1.29, 1.82) is 5.26 Å². The van der Waals surface area contributed by atoms with Crippen LogP contribution < -0.4 is 0 Å². The molecule has 6 aromatic carbocycles. The molecule has 0 aliphatic carbocycles. The highest BCUT2D eigenvalue weighted by Crippen LogP contribution is 2.52. The molecule has 0 bridgehead atoms. The van der Waals surface area contributed by atoms with Gasteiger partial charge in [-0.3, -0.25) is 0 Å². The monoisotopic (exact) mass is 1310 g/mol. The number of carbonyl (C=O) groups is 1. The Labute approximate surface area is 588 Å². The summed E-state index contributed by atoms with van der Waals surface area (Å²) in [6.45, 7) is 33.6. The normalized spacial score (nSPS) is 13.8. The molecular weight excluding hydrogens is 1190 g/mol. The Hall–Kier alpha value is -6.16. The van der Waals surface area contributed by atoms with Crippen LogP contribution in [-0.4, -0.2) is 19.8 Å². The second-order valence-corrected chi connectivity index (χ2v) is 29.8. The third-order valence-corrected chi connectivity index (χ3v) is 22.5. The van der Waals surface area contributed by atoms with Crippen LogP contribution in [0.25, 0.3) is 72.7 Å². The van der Waals surface area contributed by atoms with Crippen LogP contribution in [0.1, 0.15) is 287 Å². The van der Waals surface area contributed by atoms with Crippen molar-refractivity contribution in [3.63, 3.8) is 0 Å². The van der Waals surface area contributed by atoms with Crippen LogP contribution in [0.4, 0.5) is 0 Å². The van der Waals surface area contributed by atoms with Crippen molar-refractivity contribution in [3.05, 3.63) is 147 Å². The zero-order valence-corrected chi connectivity index (χ0v) is 63.3. The van der Waals surface area contributed by atoms with E-state index in [1.54, 1.807) is 0 Å². The lowest BCUT2D eigenvalue weighted by Crippen LogP contribution is -2.09. The van der Waals surface area contributed by atoms with E-state index in [0.717, 1.165) is 66.2 Å². The van der Waals surface area contributed by atoms with E-state index in [1.165, 1.54) is 255 Å². The van der Waals surface area contributed by atoms with E-state index >= 15 is 0 Å². The Kier molecular flexibility index (Phi) is 32.2. The van der Waals surface area contributed by atoms with E-state index in [1.807, 2.05) is 30.3 Å². The number of unbranched alkanes of at least 4 members (excludes halogenated alkanes) is 6. The van der Waals surface area contributed by atoms with Gasteiger partial charge in [-0.1, -0.05) is 328 Å². The quantitative estimate of drug-likeness (QED) is 0.0304. The second kappa shape index (κ2) is 40.0. The summed E-state index contributed by atoms with van der Waals surface area (Å²) in [4.78, 5) is 11.9. The third kappa shape index (κ3) is 21.2. The lowest BCUT2D eigenvalue weighted by molar-refractivity contribution is -0.132. The molecule has 7 rings (SSSR count). The van der Waals surface area contributed by atoms with Gasteiger partial charge in [0.05, 0.1) is 11.7 Å². The van der Waals surface area contributed by atoms with Gasteiger partial charge in [-0.05, 0) is 189 Å². The minimum absolute atomic E-state index is 0.295. The van der Waals surface area contributed by atoms with E-state index in [-0.39, 0.29) is 5.57 Å².